The molecule has 0 spiro atoms. The average molecular weight is 240 g/mol. The minimum atomic E-state index is 0.183. The molecule has 98 valence electrons. The molecule has 2 aliphatic heterocycles. The molecule has 2 aliphatic rings. The van der Waals surface area contributed by atoms with Gasteiger partial charge >= 0.3 is 0 Å². The van der Waals surface area contributed by atoms with Crippen LogP contribution in [0.3, 0.4) is 0 Å². The third-order valence-corrected chi connectivity index (χ3v) is 3.66. The molecule has 2 rings (SSSR count). The Kier molecular flexibility index (Phi) is 5.26. The lowest BCUT2D eigenvalue weighted by Gasteiger charge is -2.22. The Morgan fingerprint density at radius 2 is 2.24 bits per heavy atom. The van der Waals surface area contributed by atoms with E-state index in [2.05, 4.69) is 10.6 Å². The van der Waals surface area contributed by atoms with Gasteiger partial charge in [0.2, 0.25) is 5.91 Å². The predicted molar refractivity (Wildman–Crippen MR) is 66.9 cm³/mol. The van der Waals surface area contributed by atoms with Crippen LogP contribution in [0.2, 0.25) is 0 Å². The van der Waals surface area contributed by atoms with Gasteiger partial charge in [-0.25, -0.2) is 0 Å². The van der Waals surface area contributed by atoms with Gasteiger partial charge < -0.3 is 15.4 Å². The van der Waals surface area contributed by atoms with Crippen LogP contribution in [-0.4, -0.2) is 37.7 Å². The van der Waals surface area contributed by atoms with Crippen LogP contribution in [0.1, 0.15) is 44.9 Å². The average Bonchev–Trinajstić information content (AvgIpc) is 2.83. The molecular weight excluding hydrogens is 216 g/mol. The van der Waals surface area contributed by atoms with E-state index in [1.165, 1.54) is 19.3 Å². The Balaban J connectivity index is 1.53. The maximum absolute atomic E-state index is 11.7. The van der Waals surface area contributed by atoms with Crippen LogP contribution in [0.15, 0.2) is 0 Å². The van der Waals surface area contributed by atoms with E-state index >= 15 is 0 Å². The van der Waals surface area contributed by atoms with Crippen molar-refractivity contribution in [2.45, 2.75) is 57.1 Å². The Bertz CT molecular complexity index is 234. The first-order valence-electron chi connectivity index (χ1n) is 6.96. The van der Waals surface area contributed by atoms with Crippen LogP contribution >= 0.6 is 0 Å². The molecule has 0 bridgehead atoms. The Morgan fingerprint density at radius 3 is 2.94 bits per heavy atom. The summed E-state index contributed by atoms with van der Waals surface area (Å²) in [7, 11) is 0. The Labute approximate surface area is 103 Å². The summed E-state index contributed by atoms with van der Waals surface area (Å²) in [6.07, 6.45) is 7.93. The fourth-order valence-corrected chi connectivity index (χ4v) is 2.64. The summed E-state index contributed by atoms with van der Waals surface area (Å²) in [6.45, 7) is 2.72. The molecule has 1 amide bonds. The molecule has 0 radical (unpaired) electrons. The smallest absolute Gasteiger partial charge is 0.221 e. The zero-order valence-corrected chi connectivity index (χ0v) is 10.5. The summed E-state index contributed by atoms with van der Waals surface area (Å²) in [6, 6.07) is 0.395. The molecule has 2 fully saturated rings. The predicted octanol–water partition coefficient (Wildman–Crippen LogP) is 1.20. The summed E-state index contributed by atoms with van der Waals surface area (Å²) >= 11 is 0. The Hall–Kier alpha value is -0.610. The molecule has 0 aromatic heterocycles. The first-order valence-corrected chi connectivity index (χ1v) is 6.96. The highest BCUT2D eigenvalue weighted by molar-refractivity contribution is 5.76. The molecule has 0 aromatic rings. The van der Waals surface area contributed by atoms with E-state index in [9.17, 15) is 4.79 Å². The fourth-order valence-electron chi connectivity index (χ4n) is 2.64. The number of nitrogens with one attached hydrogen (secondary N) is 2. The summed E-state index contributed by atoms with van der Waals surface area (Å²) in [5, 5.41) is 6.39. The minimum Gasteiger partial charge on any atom is -0.378 e. The van der Waals surface area contributed by atoms with Crippen molar-refractivity contribution >= 4 is 5.91 Å². The van der Waals surface area contributed by atoms with Gasteiger partial charge in [0.25, 0.3) is 0 Å². The van der Waals surface area contributed by atoms with Crippen molar-refractivity contribution in [2.75, 3.05) is 19.7 Å². The second-order valence-electron chi connectivity index (χ2n) is 5.12. The van der Waals surface area contributed by atoms with Gasteiger partial charge in [-0.15, -0.1) is 0 Å². The standard InChI is InChI=1S/C13H24N2O2/c16-13(10-11-4-1-2-7-14-11)15-8-6-12-5-3-9-17-12/h11-12,14H,1-10H2,(H,15,16). The van der Waals surface area contributed by atoms with Crippen molar-refractivity contribution < 1.29 is 9.53 Å². The van der Waals surface area contributed by atoms with Gasteiger partial charge in [-0.2, -0.15) is 0 Å². The monoisotopic (exact) mass is 240 g/mol. The minimum absolute atomic E-state index is 0.183. The van der Waals surface area contributed by atoms with E-state index in [0.717, 1.165) is 39.0 Å². The molecular formula is C13H24N2O2. The molecule has 17 heavy (non-hydrogen) atoms. The third-order valence-electron chi connectivity index (χ3n) is 3.66. The summed E-state index contributed by atoms with van der Waals surface area (Å²) in [5.74, 6) is 0.183. The lowest BCUT2D eigenvalue weighted by atomic mass is 10.0. The number of hydrogen-bond donors (Lipinski definition) is 2. The van der Waals surface area contributed by atoms with E-state index in [-0.39, 0.29) is 5.91 Å². The number of rotatable bonds is 5. The first-order chi connectivity index (χ1) is 8.34. The highest BCUT2D eigenvalue weighted by Crippen LogP contribution is 2.14. The van der Waals surface area contributed by atoms with E-state index in [0.29, 0.717) is 18.6 Å². The molecule has 2 N–H and O–H groups in total. The van der Waals surface area contributed by atoms with Crippen molar-refractivity contribution in [1.82, 2.24) is 10.6 Å². The normalized spacial score (nSPS) is 29.2. The van der Waals surface area contributed by atoms with E-state index in [1.54, 1.807) is 0 Å². The molecule has 0 aromatic carbocycles. The van der Waals surface area contributed by atoms with Crippen LogP contribution < -0.4 is 10.6 Å². The number of piperidine rings is 1. The summed E-state index contributed by atoms with van der Waals surface area (Å²) in [4.78, 5) is 11.7. The molecule has 2 unspecified atom stereocenters. The van der Waals surface area contributed by atoms with Gasteiger partial charge in [0, 0.05) is 25.6 Å². The van der Waals surface area contributed by atoms with Gasteiger partial charge in [-0.1, -0.05) is 6.42 Å². The van der Waals surface area contributed by atoms with Crippen LogP contribution in [-0.2, 0) is 9.53 Å². The lowest BCUT2D eigenvalue weighted by Crippen LogP contribution is -2.39. The van der Waals surface area contributed by atoms with Crippen molar-refractivity contribution in [3.05, 3.63) is 0 Å². The molecule has 4 heteroatoms. The molecule has 2 heterocycles. The Morgan fingerprint density at radius 1 is 1.29 bits per heavy atom. The SMILES string of the molecule is O=C(CC1CCCCN1)NCCC1CCCO1. The summed E-state index contributed by atoms with van der Waals surface area (Å²) < 4.78 is 5.52. The first kappa shape index (κ1) is 12.8. The third kappa shape index (κ3) is 4.64. The van der Waals surface area contributed by atoms with Crippen molar-refractivity contribution in [1.29, 1.82) is 0 Å². The fraction of sp³-hybridized carbons (Fsp3) is 0.923. The zero-order chi connectivity index (χ0) is 11.9. The highest BCUT2D eigenvalue weighted by atomic mass is 16.5. The van der Waals surface area contributed by atoms with Crippen LogP contribution in [0.5, 0.6) is 0 Å². The van der Waals surface area contributed by atoms with E-state index in [4.69, 9.17) is 4.74 Å². The number of hydrogen-bond acceptors (Lipinski definition) is 3. The number of ether oxygens (including phenoxy) is 1. The van der Waals surface area contributed by atoms with Gasteiger partial charge in [-0.05, 0) is 38.6 Å². The molecule has 0 saturated carbocycles. The number of amides is 1. The second kappa shape index (κ2) is 6.97. The number of carbonyl (C=O) groups is 1. The summed E-state index contributed by atoms with van der Waals surface area (Å²) in [5.41, 5.74) is 0. The maximum Gasteiger partial charge on any atom is 0.221 e. The molecule has 2 saturated heterocycles. The highest BCUT2D eigenvalue weighted by Gasteiger charge is 2.17. The van der Waals surface area contributed by atoms with Crippen LogP contribution in [0, 0.1) is 0 Å². The topological polar surface area (TPSA) is 50.4 Å². The quantitative estimate of drug-likeness (QED) is 0.759. The van der Waals surface area contributed by atoms with E-state index < -0.39 is 0 Å². The lowest BCUT2D eigenvalue weighted by molar-refractivity contribution is -0.121. The largest absolute Gasteiger partial charge is 0.378 e. The molecule has 0 aliphatic carbocycles. The number of carbonyl (C=O) groups excluding carboxylic acids is 1. The van der Waals surface area contributed by atoms with Crippen LogP contribution in [0.25, 0.3) is 0 Å². The second-order valence-corrected chi connectivity index (χ2v) is 5.12. The van der Waals surface area contributed by atoms with Gasteiger partial charge in [0.15, 0.2) is 0 Å². The van der Waals surface area contributed by atoms with Gasteiger partial charge in [0.05, 0.1) is 6.10 Å². The van der Waals surface area contributed by atoms with Crippen molar-refractivity contribution in [3.63, 3.8) is 0 Å². The van der Waals surface area contributed by atoms with E-state index in [1.807, 2.05) is 0 Å². The molecule has 4 nitrogen and oxygen atoms in total. The van der Waals surface area contributed by atoms with Crippen molar-refractivity contribution in [2.24, 2.45) is 0 Å². The molecule has 2 atom stereocenters. The zero-order valence-electron chi connectivity index (χ0n) is 10.5. The van der Waals surface area contributed by atoms with Gasteiger partial charge in [0.1, 0.15) is 0 Å². The van der Waals surface area contributed by atoms with Gasteiger partial charge in [-0.3, -0.25) is 4.79 Å². The van der Waals surface area contributed by atoms with Crippen molar-refractivity contribution in [3.8, 4) is 0 Å². The maximum atomic E-state index is 11.7. The van der Waals surface area contributed by atoms with Crippen LogP contribution in [0.4, 0.5) is 0 Å².